The number of anilines is 1. The fourth-order valence-corrected chi connectivity index (χ4v) is 3.23. The van der Waals surface area contributed by atoms with Gasteiger partial charge >= 0.3 is 6.03 Å². The van der Waals surface area contributed by atoms with E-state index in [9.17, 15) is 14.0 Å². The summed E-state index contributed by atoms with van der Waals surface area (Å²) in [7, 11) is 0. The van der Waals surface area contributed by atoms with Crippen molar-refractivity contribution in [2.45, 2.75) is 25.3 Å². The van der Waals surface area contributed by atoms with Gasteiger partial charge in [0, 0.05) is 37.9 Å². The fourth-order valence-electron chi connectivity index (χ4n) is 3.23. The normalized spacial score (nSPS) is 21.5. The molecule has 1 aromatic carbocycles. The van der Waals surface area contributed by atoms with Crippen LogP contribution in [0.5, 0.6) is 0 Å². The van der Waals surface area contributed by atoms with Crippen LogP contribution in [0.1, 0.15) is 29.6 Å². The first-order valence-corrected chi connectivity index (χ1v) is 7.98. The Morgan fingerprint density at radius 1 is 1.35 bits per heavy atom. The van der Waals surface area contributed by atoms with Gasteiger partial charge in [-0.25, -0.2) is 9.18 Å². The molecule has 1 atom stereocenters. The van der Waals surface area contributed by atoms with Crippen LogP contribution in [-0.4, -0.2) is 49.1 Å². The van der Waals surface area contributed by atoms with Crippen molar-refractivity contribution < 1.29 is 14.0 Å². The summed E-state index contributed by atoms with van der Waals surface area (Å²) in [6.07, 6.45) is 2.78. The molecule has 2 saturated heterocycles. The number of amides is 3. The van der Waals surface area contributed by atoms with Crippen molar-refractivity contribution >= 4 is 17.6 Å². The summed E-state index contributed by atoms with van der Waals surface area (Å²) in [6.45, 7) is 2.02. The second kappa shape index (κ2) is 6.54. The molecule has 1 aromatic rings. The zero-order chi connectivity index (χ0) is 16.4. The number of urea groups is 1. The molecule has 2 heterocycles. The van der Waals surface area contributed by atoms with E-state index in [1.807, 2.05) is 0 Å². The van der Waals surface area contributed by atoms with Crippen LogP contribution >= 0.6 is 0 Å². The van der Waals surface area contributed by atoms with Crippen molar-refractivity contribution in [2.75, 3.05) is 31.1 Å². The van der Waals surface area contributed by atoms with Crippen molar-refractivity contribution in [3.8, 4) is 0 Å². The number of nitrogens with one attached hydrogen (secondary N) is 1. The molecular weight excluding hydrogens is 299 g/mol. The number of rotatable bonds is 3. The van der Waals surface area contributed by atoms with Crippen molar-refractivity contribution in [3.63, 3.8) is 0 Å². The van der Waals surface area contributed by atoms with Gasteiger partial charge in [-0.15, -0.1) is 0 Å². The predicted octanol–water partition coefficient (Wildman–Crippen LogP) is 1.31. The van der Waals surface area contributed by atoms with E-state index in [1.54, 1.807) is 4.90 Å². The van der Waals surface area contributed by atoms with Gasteiger partial charge in [-0.1, -0.05) is 0 Å². The van der Waals surface area contributed by atoms with E-state index in [4.69, 9.17) is 5.73 Å². The number of halogens is 1. The molecule has 0 saturated carbocycles. The first-order chi connectivity index (χ1) is 11.1. The van der Waals surface area contributed by atoms with Gasteiger partial charge < -0.3 is 16.0 Å². The summed E-state index contributed by atoms with van der Waals surface area (Å²) < 4.78 is 14.2. The second-order valence-electron chi connectivity index (χ2n) is 5.93. The Labute approximate surface area is 134 Å². The molecule has 0 bridgehead atoms. The Kier molecular flexibility index (Phi) is 4.47. The standard InChI is InChI=1S/C16H21FN4O2/c17-14-5-4-11(21-8-6-19-16(21)23)9-13(14)15(22)20-7-2-1-3-12(20)10-18/h4-5,9,12H,1-3,6-8,10,18H2,(H,19,23). The highest BCUT2D eigenvalue weighted by molar-refractivity contribution is 5.98. The zero-order valence-electron chi connectivity index (χ0n) is 12.9. The molecule has 0 spiro atoms. The fraction of sp³-hybridized carbons (Fsp3) is 0.500. The third-order valence-electron chi connectivity index (χ3n) is 4.51. The molecule has 6 nitrogen and oxygen atoms in total. The summed E-state index contributed by atoms with van der Waals surface area (Å²) >= 11 is 0. The van der Waals surface area contributed by atoms with E-state index in [-0.39, 0.29) is 23.5 Å². The minimum atomic E-state index is -0.570. The maximum atomic E-state index is 14.2. The van der Waals surface area contributed by atoms with E-state index >= 15 is 0 Å². The highest BCUT2D eigenvalue weighted by Crippen LogP contribution is 2.24. The van der Waals surface area contributed by atoms with Gasteiger partial charge in [0.05, 0.1) is 5.56 Å². The third kappa shape index (κ3) is 3.01. The Bertz CT molecular complexity index is 622. The number of nitrogens with zero attached hydrogens (tertiary/aromatic N) is 2. The minimum absolute atomic E-state index is 0.00236. The van der Waals surface area contributed by atoms with Crippen LogP contribution in [0.3, 0.4) is 0 Å². The average Bonchev–Trinajstić information content (AvgIpc) is 3.00. The van der Waals surface area contributed by atoms with Gasteiger partial charge in [0.2, 0.25) is 0 Å². The molecule has 3 rings (SSSR count). The van der Waals surface area contributed by atoms with Gasteiger partial charge in [-0.05, 0) is 37.5 Å². The highest BCUT2D eigenvalue weighted by atomic mass is 19.1. The van der Waals surface area contributed by atoms with Gasteiger partial charge in [0.15, 0.2) is 0 Å². The average molecular weight is 320 g/mol. The molecule has 124 valence electrons. The van der Waals surface area contributed by atoms with Crippen molar-refractivity contribution in [2.24, 2.45) is 5.73 Å². The molecule has 3 N–H and O–H groups in total. The summed E-state index contributed by atoms with van der Waals surface area (Å²) in [4.78, 5) is 27.7. The molecule has 2 aliphatic rings. The number of carbonyl (C=O) groups excluding carboxylic acids is 2. The number of likely N-dealkylation sites (tertiary alicyclic amines) is 1. The van der Waals surface area contributed by atoms with Crippen molar-refractivity contribution in [1.29, 1.82) is 0 Å². The Morgan fingerprint density at radius 2 is 2.17 bits per heavy atom. The van der Waals surface area contributed by atoms with Crippen LogP contribution in [0.15, 0.2) is 18.2 Å². The molecule has 2 aliphatic heterocycles. The topological polar surface area (TPSA) is 78.7 Å². The monoisotopic (exact) mass is 320 g/mol. The summed E-state index contributed by atoms with van der Waals surface area (Å²) in [5.41, 5.74) is 6.28. The molecule has 1 unspecified atom stereocenters. The lowest BCUT2D eigenvalue weighted by molar-refractivity contribution is 0.0618. The molecular formula is C16H21FN4O2. The van der Waals surface area contributed by atoms with E-state index in [0.717, 1.165) is 19.3 Å². The number of carbonyl (C=O) groups is 2. The smallest absolute Gasteiger partial charge is 0.321 e. The van der Waals surface area contributed by atoms with E-state index in [2.05, 4.69) is 5.32 Å². The zero-order valence-corrected chi connectivity index (χ0v) is 12.9. The molecule has 3 amide bonds. The first-order valence-electron chi connectivity index (χ1n) is 7.98. The lowest BCUT2D eigenvalue weighted by Gasteiger charge is -2.35. The Balaban J connectivity index is 1.89. The van der Waals surface area contributed by atoms with Crippen molar-refractivity contribution in [3.05, 3.63) is 29.6 Å². The molecule has 7 heteroatoms. The van der Waals surface area contributed by atoms with Gasteiger partial charge in [0.25, 0.3) is 5.91 Å². The van der Waals surface area contributed by atoms with Gasteiger partial charge in [-0.2, -0.15) is 0 Å². The Morgan fingerprint density at radius 3 is 2.87 bits per heavy atom. The van der Waals surface area contributed by atoms with Crippen LogP contribution < -0.4 is 16.0 Å². The van der Waals surface area contributed by atoms with Crippen molar-refractivity contribution in [1.82, 2.24) is 10.2 Å². The van der Waals surface area contributed by atoms with Crippen LogP contribution in [0.2, 0.25) is 0 Å². The molecule has 23 heavy (non-hydrogen) atoms. The third-order valence-corrected chi connectivity index (χ3v) is 4.51. The summed E-state index contributed by atoms with van der Waals surface area (Å²) in [5.74, 6) is -0.918. The highest BCUT2D eigenvalue weighted by Gasteiger charge is 2.29. The SMILES string of the molecule is NCC1CCCCN1C(=O)c1cc(N2CCNC2=O)ccc1F. The second-order valence-corrected chi connectivity index (χ2v) is 5.93. The molecule has 0 aromatic heterocycles. The predicted molar refractivity (Wildman–Crippen MR) is 84.9 cm³/mol. The van der Waals surface area contributed by atoms with E-state index < -0.39 is 5.82 Å². The van der Waals surface area contributed by atoms with Crippen LogP contribution in [0.4, 0.5) is 14.9 Å². The molecule has 2 fully saturated rings. The summed E-state index contributed by atoms with van der Waals surface area (Å²) in [6, 6.07) is 3.95. The van der Waals surface area contributed by atoms with Gasteiger partial charge in [-0.3, -0.25) is 9.69 Å². The lowest BCUT2D eigenvalue weighted by atomic mass is 10.0. The maximum Gasteiger partial charge on any atom is 0.321 e. The van der Waals surface area contributed by atoms with Crippen LogP contribution in [0.25, 0.3) is 0 Å². The van der Waals surface area contributed by atoms with Gasteiger partial charge in [0.1, 0.15) is 5.82 Å². The Hall–Kier alpha value is -2.15. The number of nitrogens with two attached hydrogens (primary N) is 1. The largest absolute Gasteiger partial charge is 0.336 e. The van der Waals surface area contributed by atoms with E-state index in [0.29, 0.717) is 31.9 Å². The van der Waals surface area contributed by atoms with E-state index in [1.165, 1.54) is 23.1 Å². The molecule has 0 radical (unpaired) electrons. The summed E-state index contributed by atoms with van der Waals surface area (Å²) in [5, 5.41) is 2.69. The van der Waals surface area contributed by atoms with Crippen LogP contribution in [0, 0.1) is 5.82 Å². The number of hydrogen-bond donors (Lipinski definition) is 2. The number of hydrogen-bond acceptors (Lipinski definition) is 3. The quantitative estimate of drug-likeness (QED) is 0.881. The maximum absolute atomic E-state index is 14.2. The number of piperidine rings is 1. The van der Waals surface area contributed by atoms with Crippen LogP contribution in [-0.2, 0) is 0 Å². The lowest BCUT2D eigenvalue weighted by Crippen LogP contribution is -2.47. The molecule has 0 aliphatic carbocycles. The number of benzene rings is 1. The first kappa shape index (κ1) is 15.7. The minimum Gasteiger partial charge on any atom is -0.336 e.